The maximum Gasteiger partial charge on any atom is 0.330 e. The second-order valence-corrected chi connectivity index (χ2v) is 5.76. The molecule has 148 valence electrons. The predicted molar refractivity (Wildman–Crippen MR) is 103 cm³/mol. The summed E-state index contributed by atoms with van der Waals surface area (Å²) >= 11 is 0. The van der Waals surface area contributed by atoms with E-state index < -0.39 is 5.97 Å². The van der Waals surface area contributed by atoms with Gasteiger partial charge in [0.25, 0.3) is 0 Å². The van der Waals surface area contributed by atoms with Crippen LogP contribution in [-0.2, 0) is 9.53 Å². The zero-order valence-corrected chi connectivity index (χ0v) is 16.2. The molecule has 1 heterocycles. The van der Waals surface area contributed by atoms with Crippen molar-refractivity contribution in [2.45, 2.75) is 6.92 Å². The van der Waals surface area contributed by atoms with E-state index in [4.69, 9.17) is 28.4 Å². The highest BCUT2D eigenvalue weighted by Gasteiger charge is 2.23. The van der Waals surface area contributed by atoms with Gasteiger partial charge in [-0.3, -0.25) is 0 Å². The molecule has 7 heteroatoms. The fraction of sp³-hybridized carbons (Fsp3) is 0.286. The van der Waals surface area contributed by atoms with Gasteiger partial charge in [-0.2, -0.15) is 0 Å². The normalized spacial score (nSPS) is 12.1. The maximum absolute atomic E-state index is 11.8. The zero-order valence-electron chi connectivity index (χ0n) is 16.2. The van der Waals surface area contributed by atoms with Crippen molar-refractivity contribution in [2.75, 3.05) is 34.7 Å². The van der Waals surface area contributed by atoms with E-state index in [0.29, 0.717) is 40.9 Å². The van der Waals surface area contributed by atoms with Gasteiger partial charge in [0.1, 0.15) is 0 Å². The summed E-state index contributed by atoms with van der Waals surface area (Å²) in [4.78, 5) is 11.8. The number of esters is 1. The third-order valence-electron chi connectivity index (χ3n) is 4.21. The minimum Gasteiger partial charge on any atom is -0.493 e. The van der Waals surface area contributed by atoms with Gasteiger partial charge in [0.15, 0.2) is 23.0 Å². The Labute approximate surface area is 163 Å². The summed E-state index contributed by atoms with van der Waals surface area (Å²) in [6, 6.07) is 7.34. The second-order valence-electron chi connectivity index (χ2n) is 5.76. The molecule has 28 heavy (non-hydrogen) atoms. The molecule has 0 unspecified atom stereocenters. The molecule has 0 aromatic heterocycles. The Hall–Kier alpha value is -3.35. The molecule has 3 rings (SSSR count). The number of carbonyl (C=O) groups is 1. The average molecular weight is 386 g/mol. The van der Waals surface area contributed by atoms with Crippen LogP contribution in [0.5, 0.6) is 28.7 Å². The zero-order chi connectivity index (χ0) is 20.1. The topological polar surface area (TPSA) is 72.5 Å². The van der Waals surface area contributed by atoms with Crippen LogP contribution in [0.4, 0.5) is 0 Å². The van der Waals surface area contributed by atoms with E-state index in [-0.39, 0.29) is 6.79 Å². The van der Waals surface area contributed by atoms with Crippen LogP contribution in [0.1, 0.15) is 12.5 Å². The Morgan fingerprint density at radius 3 is 2.46 bits per heavy atom. The molecule has 1 aliphatic rings. The molecule has 0 N–H and O–H groups in total. The number of methoxy groups -OCH3 is 3. The van der Waals surface area contributed by atoms with Crippen LogP contribution in [0.25, 0.3) is 17.2 Å². The Balaban J connectivity index is 2.20. The molecule has 0 saturated heterocycles. The second kappa shape index (κ2) is 8.56. The fourth-order valence-corrected chi connectivity index (χ4v) is 3.00. The van der Waals surface area contributed by atoms with Crippen molar-refractivity contribution in [1.29, 1.82) is 0 Å². The quantitative estimate of drug-likeness (QED) is 0.531. The number of benzene rings is 2. The van der Waals surface area contributed by atoms with E-state index in [1.807, 2.05) is 18.2 Å². The molecule has 7 nitrogen and oxygen atoms in total. The van der Waals surface area contributed by atoms with Gasteiger partial charge in [-0.15, -0.1) is 0 Å². The molecule has 0 saturated carbocycles. The monoisotopic (exact) mass is 386 g/mol. The van der Waals surface area contributed by atoms with E-state index in [1.165, 1.54) is 20.3 Å². The summed E-state index contributed by atoms with van der Waals surface area (Å²) in [6.45, 7) is 2.23. The third-order valence-corrected chi connectivity index (χ3v) is 4.21. The van der Waals surface area contributed by atoms with Gasteiger partial charge in [-0.05, 0) is 42.3 Å². The third kappa shape index (κ3) is 3.69. The number of hydrogen-bond donors (Lipinski definition) is 0. The van der Waals surface area contributed by atoms with Crippen LogP contribution in [0.15, 0.2) is 30.3 Å². The average Bonchev–Trinajstić information content (AvgIpc) is 3.18. The van der Waals surface area contributed by atoms with Gasteiger partial charge in [-0.1, -0.05) is 6.07 Å². The van der Waals surface area contributed by atoms with Crippen molar-refractivity contribution in [2.24, 2.45) is 0 Å². The van der Waals surface area contributed by atoms with Gasteiger partial charge < -0.3 is 28.4 Å². The summed E-state index contributed by atoms with van der Waals surface area (Å²) in [7, 11) is 4.63. The van der Waals surface area contributed by atoms with Crippen molar-refractivity contribution in [1.82, 2.24) is 0 Å². The highest BCUT2D eigenvalue weighted by molar-refractivity contribution is 5.92. The minimum absolute atomic E-state index is 0.178. The highest BCUT2D eigenvalue weighted by atomic mass is 16.7. The predicted octanol–water partition coefficient (Wildman–Crippen LogP) is 3.68. The first-order chi connectivity index (χ1) is 13.6. The summed E-state index contributed by atoms with van der Waals surface area (Å²) in [5, 5.41) is 0. The first-order valence-electron chi connectivity index (χ1n) is 8.70. The van der Waals surface area contributed by atoms with Crippen LogP contribution in [0.3, 0.4) is 0 Å². The van der Waals surface area contributed by atoms with Gasteiger partial charge in [0.05, 0.1) is 27.9 Å². The van der Waals surface area contributed by atoms with Gasteiger partial charge in [0, 0.05) is 11.6 Å². The first-order valence-corrected chi connectivity index (χ1v) is 8.70. The Kier molecular flexibility index (Phi) is 5.93. The Morgan fingerprint density at radius 1 is 1.04 bits per heavy atom. The molecule has 0 fully saturated rings. The van der Waals surface area contributed by atoms with Gasteiger partial charge in [0.2, 0.25) is 12.5 Å². The Bertz CT molecular complexity index is 902. The van der Waals surface area contributed by atoms with Gasteiger partial charge >= 0.3 is 5.97 Å². The smallest absolute Gasteiger partial charge is 0.330 e. The lowest BCUT2D eigenvalue weighted by atomic mass is 9.96. The van der Waals surface area contributed by atoms with E-state index in [9.17, 15) is 4.79 Å². The lowest BCUT2D eigenvalue weighted by molar-refractivity contribution is -0.137. The van der Waals surface area contributed by atoms with Crippen LogP contribution in [-0.4, -0.2) is 40.7 Å². The molecule has 0 radical (unpaired) electrons. The minimum atomic E-state index is -0.437. The van der Waals surface area contributed by atoms with E-state index in [2.05, 4.69) is 0 Å². The van der Waals surface area contributed by atoms with Crippen LogP contribution in [0.2, 0.25) is 0 Å². The standard InChI is InChI=1S/C21H22O7/c1-5-26-18(22)9-7-14-11-17(23-2)20(24-3)21(25-4)19(14)13-6-8-15-16(10-13)28-12-27-15/h6-11H,5,12H2,1-4H3/b9-7+. The van der Waals surface area contributed by atoms with Crippen molar-refractivity contribution in [3.8, 4) is 39.9 Å². The van der Waals surface area contributed by atoms with E-state index >= 15 is 0 Å². The molecule has 0 atom stereocenters. The van der Waals surface area contributed by atoms with Crippen LogP contribution < -0.4 is 23.7 Å². The molecule has 1 aliphatic heterocycles. The van der Waals surface area contributed by atoms with Crippen molar-refractivity contribution < 1.29 is 33.2 Å². The van der Waals surface area contributed by atoms with E-state index in [0.717, 1.165) is 11.1 Å². The van der Waals surface area contributed by atoms with Crippen molar-refractivity contribution >= 4 is 12.0 Å². The maximum atomic E-state index is 11.8. The van der Waals surface area contributed by atoms with E-state index in [1.54, 1.807) is 26.2 Å². The van der Waals surface area contributed by atoms with Crippen LogP contribution >= 0.6 is 0 Å². The largest absolute Gasteiger partial charge is 0.493 e. The molecular formula is C21H22O7. The SMILES string of the molecule is CCOC(=O)/C=C/c1cc(OC)c(OC)c(OC)c1-c1ccc2c(c1)OCO2. The van der Waals surface area contributed by atoms with Crippen LogP contribution in [0, 0.1) is 0 Å². The number of ether oxygens (including phenoxy) is 6. The Morgan fingerprint density at radius 2 is 1.79 bits per heavy atom. The van der Waals surface area contributed by atoms with Gasteiger partial charge in [-0.25, -0.2) is 4.79 Å². The molecule has 0 bridgehead atoms. The summed E-state index contributed by atoms with van der Waals surface area (Å²) in [6.07, 6.45) is 3.02. The highest BCUT2D eigenvalue weighted by Crippen LogP contribution is 2.48. The molecule has 0 spiro atoms. The number of fused-ring (bicyclic) bond motifs is 1. The lowest BCUT2D eigenvalue weighted by Gasteiger charge is -2.19. The number of rotatable bonds is 7. The summed E-state index contributed by atoms with van der Waals surface area (Å²) < 4.78 is 32.5. The molecule has 2 aromatic rings. The summed E-state index contributed by atoms with van der Waals surface area (Å²) in [5.41, 5.74) is 2.23. The van der Waals surface area contributed by atoms with Crippen molar-refractivity contribution in [3.05, 3.63) is 35.9 Å². The molecule has 0 amide bonds. The summed E-state index contributed by atoms with van der Waals surface area (Å²) in [5.74, 6) is 2.27. The lowest BCUT2D eigenvalue weighted by Crippen LogP contribution is -2.01. The fourth-order valence-electron chi connectivity index (χ4n) is 3.00. The first kappa shape index (κ1) is 19.4. The number of carbonyl (C=O) groups excluding carboxylic acids is 1. The molecule has 0 aliphatic carbocycles. The molecular weight excluding hydrogens is 364 g/mol. The van der Waals surface area contributed by atoms with Crippen molar-refractivity contribution in [3.63, 3.8) is 0 Å². The number of hydrogen-bond acceptors (Lipinski definition) is 7. The molecule has 2 aromatic carbocycles.